The Balaban J connectivity index is 1.55. The first-order chi connectivity index (χ1) is 16.9. The number of hydrogen-bond donors (Lipinski definition) is 0. The van der Waals surface area contributed by atoms with Gasteiger partial charge in [0.2, 0.25) is 29.0 Å². The van der Waals surface area contributed by atoms with Crippen LogP contribution in [0.5, 0.6) is 5.75 Å². The van der Waals surface area contributed by atoms with Crippen molar-refractivity contribution in [1.29, 1.82) is 0 Å². The molecule has 3 atom stereocenters. The largest absolute Gasteiger partial charge is 0.495 e. The molecule has 0 aromatic heterocycles. The van der Waals surface area contributed by atoms with Gasteiger partial charge in [0, 0.05) is 16.1 Å². The number of imide groups is 1. The van der Waals surface area contributed by atoms with Crippen LogP contribution in [-0.2, 0) is 14.3 Å². The predicted octanol–water partition coefficient (Wildman–Crippen LogP) is 4.04. The van der Waals surface area contributed by atoms with Gasteiger partial charge < -0.3 is 9.47 Å². The molecule has 2 aliphatic heterocycles. The molecule has 1 aliphatic carbocycles. The summed E-state index contributed by atoms with van der Waals surface area (Å²) >= 11 is 6.05. The van der Waals surface area contributed by atoms with Crippen LogP contribution in [-0.4, -0.2) is 36.1 Å². The molecular weight excluding hydrogens is 470 g/mol. The first-order valence-corrected chi connectivity index (χ1v) is 11.4. The fraction of sp³-hybridized carbons (Fsp3) is 0.185. The molecule has 174 valence electrons. The van der Waals surface area contributed by atoms with E-state index in [2.05, 4.69) is 0 Å². The monoisotopic (exact) mass is 487 g/mol. The van der Waals surface area contributed by atoms with Gasteiger partial charge in [-0.25, -0.2) is 4.90 Å². The summed E-state index contributed by atoms with van der Waals surface area (Å²) in [5.74, 6) is -4.53. The van der Waals surface area contributed by atoms with Crippen molar-refractivity contribution >= 4 is 40.7 Å². The number of methoxy groups -OCH3 is 1. The summed E-state index contributed by atoms with van der Waals surface area (Å²) in [6.45, 7) is 0. The van der Waals surface area contributed by atoms with E-state index in [-0.39, 0.29) is 16.8 Å². The number of para-hydroxylation sites is 2. The zero-order valence-electron chi connectivity index (χ0n) is 18.4. The minimum Gasteiger partial charge on any atom is -0.495 e. The second-order valence-corrected chi connectivity index (χ2v) is 9.15. The second-order valence-electron chi connectivity index (χ2n) is 8.72. The van der Waals surface area contributed by atoms with E-state index >= 15 is 0 Å². The lowest BCUT2D eigenvalue weighted by molar-refractivity contribution is -0.127. The van der Waals surface area contributed by atoms with Gasteiger partial charge in [0.05, 0.1) is 30.7 Å². The van der Waals surface area contributed by atoms with Crippen LogP contribution in [0.25, 0.3) is 0 Å². The van der Waals surface area contributed by atoms with Crippen molar-refractivity contribution in [3.63, 3.8) is 0 Å². The highest BCUT2D eigenvalue weighted by Gasteiger charge is 2.74. The maximum Gasteiger partial charge on any atom is 0.241 e. The van der Waals surface area contributed by atoms with Crippen molar-refractivity contribution < 1.29 is 28.7 Å². The van der Waals surface area contributed by atoms with Gasteiger partial charge in [-0.2, -0.15) is 0 Å². The van der Waals surface area contributed by atoms with Gasteiger partial charge in [-0.1, -0.05) is 60.1 Å². The predicted molar refractivity (Wildman–Crippen MR) is 126 cm³/mol. The number of halogens is 1. The highest BCUT2D eigenvalue weighted by molar-refractivity contribution is 6.37. The van der Waals surface area contributed by atoms with Crippen molar-refractivity contribution in [2.24, 2.45) is 11.8 Å². The third-order valence-electron chi connectivity index (χ3n) is 7.04. The van der Waals surface area contributed by atoms with E-state index in [9.17, 15) is 19.2 Å². The molecule has 0 bridgehead atoms. The molecule has 7 nitrogen and oxygen atoms in total. The Labute approximate surface area is 205 Å². The molecule has 0 unspecified atom stereocenters. The van der Waals surface area contributed by atoms with Gasteiger partial charge in [-0.3, -0.25) is 19.2 Å². The van der Waals surface area contributed by atoms with Crippen LogP contribution in [0.3, 0.4) is 0 Å². The summed E-state index contributed by atoms with van der Waals surface area (Å²) in [5.41, 5.74) is -0.962. The Morgan fingerprint density at radius 1 is 0.829 bits per heavy atom. The number of anilines is 1. The lowest BCUT2D eigenvalue weighted by Crippen LogP contribution is -2.51. The van der Waals surface area contributed by atoms with E-state index in [1.165, 1.54) is 19.2 Å². The van der Waals surface area contributed by atoms with Crippen molar-refractivity contribution in [2.75, 3.05) is 12.0 Å². The molecule has 3 aliphatic rings. The van der Waals surface area contributed by atoms with Gasteiger partial charge in [-0.15, -0.1) is 0 Å². The van der Waals surface area contributed by atoms with Crippen LogP contribution >= 0.6 is 11.6 Å². The zero-order chi connectivity index (χ0) is 24.5. The molecule has 3 aromatic carbocycles. The summed E-state index contributed by atoms with van der Waals surface area (Å²) < 4.78 is 11.6. The third kappa shape index (κ3) is 2.76. The quantitative estimate of drug-likeness (QED) is 0.409. The lowest BCUT2D eigenvalue weighted by atomic mass is 9.77. The fourth-order valence-corrected chi connectivity index (χ4v) is 5.65. The summed E-state index contributed by atoms with van der Waals surface area (Å²) in [6.07, 6.45) is -1.00. The molecule has 1 spiro atoms. The summed E-state index contributed by atoms with van der Waals surface area (Å²) in [7, 11) is 1.44. The molecule has 2 amide bonds. The first kappa shape index (κ1) is 21.7. The Morgan fingerprint density at radius 3 is 2.06 bits per heavy atom. The smallest absolute Gasteiger partial charge is 0.241 e. The van der Waals surface area contributed by atoms with Gasteiger partial charge in [0.1, 0.15) is 5.75 Å². The van der Waals surface area contributed by atoms with Gasteiger partial charge >= 0.3 is 0 Å². The number of rotatable bonds is 3. The van der Waals surface area contributed by atoms with Gasteiger partial charge in [-0.05, 0) is 29.8 Å². The number of hydrogen-bond acceptors (Lipinski definition) is 6. The highest BCUT2D eigenvalue weighted by Crippen LogP contribution is 2.58. The van der Waals surface area contributed by atoms with E-state index in [1.807, 2.05) is 0 Å². The van der Waals surface area contributed by atoms with Crippen LogP contribution in [0, 0.1) is 11.8 Å². The minimum absolute atomic E-state index is 0.184. The number of ether oxygens (including phenoxy) is 2. The standard InChI is InChI=1S/C27H18ClNO6/c1-34-19-9-5-4-8-18(19)29-25(32)20-21(26(29)33)27(35-22(20)14-10-12-15(28)13-11-14)23(30)16-6-2-3-7-17(16)24(27)31/h2-13,20-22H,1H3/t20-,21+,22-/m0/s1. The number of ketones is 2. The number of amides is 2. The molecular formula is C27H18ClNO6. The SMILES string of the molecule is COc1ccccc1N1C(=O)[C@@H]2[C@H](c3ccc(Cl)cc3)OC3(C(=O)c4ccccc4C3=O)[C@H]2C1=O. The lowest BCUT2D eigenvalue weighted by Gasteiger charge is -2.27. The molecule has 2 heterocycles. The Morgan fingerprint density at radius 2 is 1.43 bits per heavy atom. The summed E-state index contributed by atoms with van der Waals surface area (Å²) in [5, 5.41) is 0.475. The summed E-state index contributed by atoms with van der Waals surface area (Å²) in [4.78, 5) is 56.3. The number of fused-ring (bicyclic) bond motifs is 3. The van der Waals surface area contributed by atoms with E-state index in [4.69, 9.17) is 21.1 Å². The van der Waals surface area contributed by atoms with E-state index in [0.29, 0.717) is 16.3 Å². The van der Waals surface area contributed by atoms with E-state index < -0.39 is 46.9 Å². The number of benzene rings is 3. The van der Waals surface area contributed by atoms with E-state index in [0.717, 1.165) is 4.90 Å². The van der Waals surface area contributed by atoms with Gasteiger partial charge in [0.15, 0.2) is 0 Å². The minimum atomic E-state index is -2.12. The Bertz CT molecular complexity index is 1400. The highest BCUT2D eigenvalue weighted by atomic mass is 35.5. The summed E-state index contributed by atoms with van der Waals surface area (Å²) in [6, 6.07) is 19.6. The number of carbonyl (C=O) groups is 4. The van der Waals surface area contributed by atoms with Crippen molar-refractivity contribution in [3.05, 3.63) is 94.5 Å². The van der Waals surface area contributed by atoms with Crippen LogP contribution in [0.1, 0.15) is 32.4 Å². The average Bonchev–Trinajstić information content (AvgIpc) is 3.44. The van der Waals surface area contributed by atoms with Crippen LogP contribution in [0.15, 0.2) is 72.8 Å². The molecule has 8 heteroatoms. The number of nitrogens with zero attached hydrogens (tertiary/aromatic N) is 1. The fourth-order valence-electron chi connectivity index (χ4n) is 5.52. The Kier molecular flexibility index (Phi) is 4.71. The van der Waals surface area contributed by atoms with Crippen LogP contribution in [0.2, 0.25) is 5.02 Å². The second kappa shape index (κ2) is 7.60. The van der Waals surface area contributed by atoms with Crippen molar-refractivity contribution in [2.45, 2.75) is 11.7 Å². The molecule has 6 rings (SSSR count). The third-order valence-corrected chi connectivity index (χ3v) is 7.30. The first-order valence-electron chi connectivity index (χ1n) is 11.0. The van der Waals surface area contributed by atoms with Crippen LogP contribution in [0.4, 0.5) is 5.69 Å². The van der Waals surface area contributed by atoms with Crippen LogP contribution < -0.4 is 9.64 Å². The topological polar surface area (TPSA) is 90.0 Å². The molecule has 35 heavy (non-hydrogen) atoms. The van der Waals surface area contributed by atoms with Crippen molar-refractivity contribution in [3.8, 4) is 5.75 Å². The maximum absolute atomic E-state index is 13.9. The number of Topliss-reactive ketones (excluding diaryl/α,β-unsaturated/α-hetero) is 2. The maximum atomic E-state index is 13.9. The average molecular weight is 488 g/mol. The number of carbonyl (C=O) groups excluding carboxylic acids is 4. The molecule has 2 fully saturated rings. The zero-order valence-corrected chi connectivity index (χ0v) is 19.2. The molecule has 0 saturated carbocycles. The van der Waals surface area contributed by atoms with E-state index in [1.54, 1.807) is 60.7 Å². The Hall–Kier alpha value is -3.81. The normalized spacial score (nSPS) is 24.3. The van der Waals surface area contributed by atoms with Crippen molar-refractivity contribution in [1.82, 2.24) is 0 Å². The molecule has 2 saturated heterocycles. The molecule has 3 aromatic rings. The van der Waals surface area contributed by atoms with Gasteiger partial charge in [0.25, 0.3) is 0 Å². The molecule has 0 N–H and O–H groups in total. The molecule has 0 radical (unpaired) electrons.